The molecular formula is C37H53ClN4O6. The Balaban J connectivity index is 1.89. The number of nitrogens with one attached hydrogen (secondary N) is 2. The maximum Gasteiger partial charge on any atom is 0.255 e. The highest BCUT2D eigenvalue weighted by Gasteiger charge is 2.36. The van der Waals surface area contributed by atoms with E-state index in [0.29, 0.717) is 29.4 Å². The largest absolute Gasteiger partial charge is 0.491 e. The zero-order valence-electron chi connectivity index (χ0n) is 29.9. The third kappa shape index (κ3) is 10.4. The molecule has 48 heavy (non-hydrogen) atoms. The maximum atomic E-state index is 14.0. The van der Waals surface area contributed by atoms with Gasteiger partial charge in [-0.25, -0.2) is 0 Å². The molecule has 0 radical (unpaired) electrons. The molecule has 0 aromatic heterocycles. The van der Waals surface area contributed by atoms with E-state index in [4.69, 9.17) is 21.1 Å². The van der Waals surface area contributed by atoms with E-state index in [9.17, 15) is 19.2 Å². The van der Waals surface area contributed by atoms with Crippen molar-refractivity contribution in [1.29, 1.82) is 0 Å². The molecule has 2 N–H and O–H groups in total. The predicted molar refractivity (Wildman–Crippen MR) is 189 cm³/mol. The topological polar surface area (TPSA) is 117 Å². The van der Waals surface area contributed by atoms with E-state index in [1.807, 2.05) is 46.8 Å². The van der Waals surface area contributed by atoms with Crippen molar-refractivity contribution < 1.29 is 28.7 Å². The molecular weight excluding hydrogens is 632 g/mol. The van der Waals surface area contributed by atoms with Crippen LogP contribution in [0.3, 0.4) is 0 Å². The summed E-state index contributed by atoms with van der Waals surface area (Å²) in [4.78, 5) is 58.1. The Bertz CT molecular complexity index is 1440. The van der Waals surface area contributed by atoms with Gasteiger partial charge in [0.1, 0.15) is 36.8 Å². The molecule has 3 rings (SSSR count). The van der Waals surface area contributed by atoms with Gasteiger partial charge in [-0.2, -0.15) is 0 Å². The number of hydrogen-bond donors (Lipinski definition) is 2. The number of aryl methyl sites for hydroxylation is 1. The number of para-hydroxylation sites is 1. The highest BCUT2D eigenvalue weighted by Crippen LogP contribution is 2.32. The second-order valence-electron chi connectivity index (χ2n) is 13.9. The van der Waals surface area contributed by atoms with Crippen molar-refractivity contribution in [2.24, 2.45) is 11.8 Å². The number of likely N-dealkylation sites (N-methyl/N-ethyl adjacent to an activating group) is 2. The van der Waals surface area contributed by atoms with Gasteiger partial charge < -0.3 is 29.9 Å². The number of rotatable bonds is 10. The number of fused-ring (bicyclic) bond motifs is 1. The Labute approximate surface area is 290 Å². The lowest BCUT2D eigenvalue weighted by Crippen LogP contribution is -2.55. The molecule has 11 heteroatoms. The van der Waals surface area contributed by atoms with Crippen molar-refractivity contribution in [1.82, 2.24) is 20.4 Å². The van der Waals surface area contributed by atoms with Crippen LogP contribution in [-0.2, 0) is 14.4 Å². The summed E-state index contributed by atoms with van der Waals surface area (Å²) >= 11 is 6.33. The van der Waals surface area contributed by atoms with Crippen LogP contribution in [0.25, 0.3) is 0 Å². The van der Waals surface area contributed by atoms with Gasteiger partial charge in [0.25, 0.3) is 5.91 Å². The first kappa shape index (κ1) is 38.7. The first-order valence-corrected chi connectivity index (χ1v) is 17.2. The Morgan fingerprint density at radius 2 is 1.69 bits per heavy atom. The quantitative estimate of drug-likeness (QED) is 0.315. The van der Waals surface area contributed by atoms with Crippen LogP contribution in [0.4, 0.5) is 0 Å². The normalized spacial score (nSPS) is 19.6. The number of carbonyl (C=O) groups excluding carboxylic acids is 4. The van der Waals surface area contributed by atoms with Gasteiger partial charge in [-0.1, -0.05) is 65.3 Å². The van der Waals surface area contributed by atoms with Crippen LogP contribution < -0.4 is 20.1 Å². The third-order valence-corrected chi connectivity index (χ3v) is 9.02. The molecule has 4 amide bonds. The van der Waals surface area contributed by atoms with Crippen molar-refractivity contribution in [3.63, 3.8) is 0 Å². The van der Waals surface area contributed by atoms with Crippen molar-refractivity contribution in [2.75, 3.05) is 33.9 Å². The van der Waals surface area contributed by atoms with E-state index in [2.05, 4.69) is 24.5 Å². The second-order valence-corrected chi connectivity index (χ2v) is 14.3. The Morgan fingerprint density at radius 1 is 1.02 bits per heavy atom. The Kier molecular flexibility index (Phi) is 14.1. The van der Waals surface area contributed by atoms with Crippen LogP contribution in [0.1, 0.15) is 88.2 Å². The predicted octanol–water partition coefficient (Wildman–Crippen LogP) is 5.59. The first-order chi connectivity index (χ1) is 22.6. The van der Waals surface area contributed by atoms with E-state index in [1.165, 1.54) is 4.90 Å². The molecule has 2 aromatic rings. The fourth-order valence-electron chi connectivity index (χ4n) is 5.78. The van der Waals surface area contributed by atoms with Crippen LogP contribution in [0.5, 0.6) is 11.5 Å². The zero-order valence-corrected chi connectivity index (χ0v) is 30.6. The molecule has 1 aliphatic heterocycles. The van der Waals surface area contributed by atoms with Crippen molar-refractivity contribution in [3.05, 3.63) is 58.1 Å². The summed E-state index contributed by atoms with van der Waals surface area (Å²) in [6, 6.07) is 8.28. The number of amides is 4. The number of nitrogens with zero attached hydrogens (tertiary/aromatic N) is 2. The van der Waals surface area contributed by atoms with Gasteiger partial charge in [-0.3, -0.25) is 19.2 Å². The lowest BCUT2D eigenvalue weighted by Gasteiger charge is -2.37. The highest BCUT2D eigenvalue weighted by molar-refractivity contribution is 6.31. The van der Waals surface area contributed by atoms with Crippen LogP contribution in [0.15, 0.2) is 36.4 Å². The van der Waals surface area contributed by atoms with Gasteiger partial charge in [0, 0.05) is 19.1 Å². The molecule has 10 nitrogen and oxygen atoms in total. The van der Waals surface area contributed by atoms with Crippen LogP contribution >= 0.6 is 11.6 Å². The minimum absolute atomic E-state index is 0.118. The smallest absolute Gasteiger partial charge is 0.255 e. The summed E-state index contributed by atoms with van der Waals surface area (Å²) in [5.74, 6) is -0.140. The minimum Gasteiger partial charge on any atom is -0.491 e. The summed E-state index contributed by atoms with van der Waals surface area (Å²) < 4.78 is 12.2. The van der Waals surface area contributed by atoms with Gasteiger partial charge in [0.15, 0.2) is 0 Å². The molecule has 1 aliphatic rings. The first-order valence-electron chi connectivity index (χ1n) is 16.9. The highest BCUT2D eigenvalue weighted by atomic mass is 35.5. The van der Waals surface area contributed by atoms with Gasteiger partial charge >= 0.3 is 0 Å². The summed E-state index contributed by atoms with van der Waals surface area (Å²) in [6.45, 7) is 14.6. The summed E-state index contributed by atoms with van der Waals surface area (Å²) in [6.07, 6.45) is 0.768. The monoisotopic (exact) mass is 684 g/mol. The van der Waals surface area contributed by atoms with Crippen LogP contribution in [0.2, 0.25) is 5.02 Å². The van der Waals surface area contributed by atoms with Crippen molar-refractivity contribution >= 4 is 35.2 Å². The molecule has 2 aromatic carbocycles. The van der Waals surface area contributed by atoms with E-state index in [-0.39, 0.29) is 61.4 Å². The standard InChI is InChI=1S/C37H53ClN4O6/c1-22(2)16-26-21-48-32-13-11-10-12-27(32)35(44)40-30(20-34(43)42(9)31(17-23(3)4)37(46)41(26)8)36(45)39-14-15-47-33-18-25(7)29(38)19-28(33)24(5)6/h10-13,18-19,22-24,26,30-31H,14-17,20-21H2,1-9H3,(H,39,45)(H,40,44)/t26-,30+,31+/m1/s1. The van der Waals surface area contributed by atoms with E-state index in [1.54, 1.807) is 43.3 Å². The molecule has 0 saturated heterocycles. The van der Waals surface area contributed by atoms with Gasteiger partial charge in [-0.05, 0) is 72.9 Å². The molecule has 0 saturated carbocycles. The van der Waals surface area contributed by atoms with Crippen LogP contribution in [0, 0.1) is 18.8 Å². The Hall–Kier alpha value is -3.79. The maximum absolute atomic E-state index is 14.0. The molecule has 0 bridgehead atoms. The lowest BCUT2D eigenvalue weighted by atomic mass is 9.98. The van der Waals surface area contributed by atoms with Crippen LogP contribution in [-0.4, -0.2) is 85.4 Å². The molecule has 264 valence electrons. The molecule has 0 fully saturated rings. The Morgan fingerprint density at radius 3 is 2.33 bits per heavy atom. The summed E-state index contributed by atoms with van der Waals surface area (Å²) in [5.41, 5.74) is 2.06. The minimum atomic E-state index is -1.21. The average Bonchev–Trinajstić information content (AvgIpc) is 3.03. The lowest BCUT2D eigenvalue weighted by molar-refractivity contribution is -0.147. The zero-order chi connectivity index (χ0) is 35.7. The SMILES string of the molecule is Cc1cc(OCCNC(=O)[C@@H]2CC(=O)N(C)[C@@H](CC(C)C)C(=O)N(C)[C@H](CC(C)C)COc3ccccc3C(=O)N2)c(C(C)C)cc1Cl. The van der Waals surface area contributed by atoms with E-state index in [0.717, 1.165) is 11.1 Å². The molecule has 0 unspecified atom stereocenters. The number of carbonyl (C=O) groups is 4. The average molecular weight is 685 g/mol. The molecule has 0 aliphatic carbocycles. The molecule has 1 heterocycles. The number of halogens is 1. The number of ether oxygens (including phenoxy) is 2. The van der Waals surface area contributed by atoms with Crippen molar-refractivity contribution in [2.45, 2.75) is 91.8 Å². The molecule has 0 spiro atoms. The summed E-state index contributed by atoms with van der Waals surface area (Å²) in [5, 5.41) is 6.23. The van der Waals surface area contributed by atoms with Gasteiger partial charge in [-0.15, -0.1) is 0 Å². The van der Waals surface area contributed by atoms with Gasteiger partial charge in [0.05, 0.1) is 24.6 Å². The summed E-state index contributed by atoms with van der Waals surface area (Å²) in [7, 11) is 3.32. The third-order valence-electron chi connectivity index (χ3n) is 8.61. The fourth-order valence-corrected chi connectivity index (χ4v) is 5.95. The van der Waals surface area contributed by atoms with E-state index < -0.39 is 29.8 Å². The number of benzene rings is 2. The fraction of sp³-hybridized carbons (Fsp3) is 0.568. The van der Waals surface area contributed by atoms with Crippen molar-refractivity contribution in [3.8, 4) is 11.5 Å². The van der Waals surface area contributed by atoms with Gasteiger partial charge in [0.2, 0.25) is 17.7 Å². The second kappa shape index (κ2) is 17.6. The molecule has 3 atom stereocenters. The number of hydrogen-bond acceptors (Lipinski definition) is 6. The van der Waals surface area contributed by atoms with E-state index >= 15 is 0 Å².